The van der Waals surface area contributed by atoms with E-state index in [1.54, 1.807) is 7.11 Å². The third-order valence-electron chi connectivity index (χ3n) is 3.89. The number of nitrogens with zero attached hydrogens (tertiary/aromatic N) is 1. The first-order chi connectivity index (χ1) is 9.60. The van der Waals surface area contributed by atoms with Gasteiger partial charge in [0, 0.05) is 36.8 Å². The summed E-state index contributed by atoms with van der Waals surface area (Å²) in [5, 5.41) is 3.48. The number of halogens is 1. The number of hydrogen-bond donors (Lipinski definition) is 1. The molecule has 0 spiro atoms. The molecule has 1 N–H and O–H groups in total. The van der Waals surface area contributed by atoms with Gasteiger partial charge in [0.2, 0.25) is 0 Å². The lowest BCUT2D eigenvalue weighted by Crippen LogP contribution is -2.39. The van der Waals surface area contributed by atoms with E-state index in [0.717, 1.165) is 18.7 Å². The van der Waals surface area contributed by atoms with E-state index in [0.29, 0.717) is 24.4 Å². The van der Waals surface area contributed by atoms with Crippen LogP contribution < -0.4 is 10.1 Å². The maximum absolute atomic E-state index is 14.0. The Kier molecular flexibility index (Phi) is 5.38. The average molecular weight is 280 g/mol. The van der Waals surface area contributed by atoms with Gasteiger partial charge >= 0.3 is 0 Å². The second-order valence-electron chi connectivity index (χ2n) is 5.79. The van der Waals surface area contributed by atoms with Crippen LogP contribution in [0.3, 0.4) is 0 Å². The predicted octanol–water partition coefficient (Wildman–Crippen LogP) is 2.80. The van der Waals surface area contributed by atoms with E-state index in [2.05, 4.69) is 24.1 Å². The van der Waals surface area contributed by atoms with Gasteiger partial charge in [0.25, 0.3) is 0 Å². The number of methoxy groups -OCH3 is 1. The highest BCUT2D eigenvalue weighted by Crippen LogP contribution is 2.23. The summed E-state index contributed by atoms with van der Waals surface area (Å²) in [5.74, 6) is 0.400. The fraction of sp³-hybridized carbons (Fsp3) is 0.625. The molecular weight excluding hydrogens is 255 g/mol. The Morgan fingerprint density at radius 3 is 2.90 bits per heavy atom. The largest absolute Gasteiger partial charge is 0.497 e. The van der Waals surface area contributed by atoms with Crippen LogP contribution in [0.2, 0.25) is 0 Å². The number of ether oxygens (including phenoxy) is 1. The smallest absolute Gasteiger partial charge is 0.131 e. The fourth-order valence-electron chi connectivity index (χ4n) is 2.71. The van der Waals surface area contributed by atoms with Crippen LogP contribution in [0.4, 0.5) is 4.39 Å². The SMILES string of the molecule is COc1ccc(CN2CCCC2CNC(C)C)c(F)c1. The van der Waals surface area contributed by atoms with E-state index in [9.17, 15) is 4.39 Å². The molecule has 112 valence electrons. The summed E-state index contributed by atoms with van der Waals surface area (Å²) in [5.41, 5.74) is 0.752. The summed E-state index contributed by atoms with van der Waals surface area (Å²) in [6.45, 7) is 7.02. The van der Waals surface area contributed by atoms with Crippen LogP contribution in [-0.4, -0.2) is 37.2 Å². The molecule has 1 aliphatic rings. The van der Waals surface area contributed by atoms with Gasteiger partial charge in [-0.15, -0.1) is 0 Å². The van der Waals surface area contributed by atoms with Crippen molar-refractivity contribution in [1.29, 1.82) is 0 Å². The second kappa shape index (κ2) is 7.04. The van der Waals surface area contributed by atoms with Crippen LogP contribution in [0, 0.1) is 5.82 Å². The van der Waals surface area contributed by atoms with Crippen molar-refractivity contribution in [2.24, 2.45) is 0 Å². The highest BCUT2D eigenvalue weighted by molar-refractivity contribution is 5.29. The normalized spacial score (nSPS) is 19.8. The zero-order valence-electron chi connectivity index (χ0n) is 12.7. The van der Waals surface area contributed by atoms with Gasteiger partial charge in [-0.3, -0.25) is 4.90 Å². The molecule has 1 unspecified atom stereocenters. The first-order valence-electron chi connectivity index (χ1n) is 7.40. The molecule has 1 aliphatic heterocycles. The van der Waals surface area contributed by atoms with Crippen LogP contribution in [0.25, 0.3) is 0 Å². The minimum Gasteiger partial charge on any atom is -0.497 e. The molecule has 1 aromatic carbocycles. The minimum atomic E-state index is -0.174. The van der Waals surface area contributed by atoms with Gasteiger partial charge in [0.15, 0.2) is 0 Å². The summed E-state index contributed by atoms with van der Waals surface area (Å²) in [6, 6.07) is 6.14. The van der Waals surface area contributed by atoms with Gasteiger partial charge in [-0.05, 0) is 25.5 Å². The van der Waals surface area contributed by atoms with Gasteiger partial charge in [-0.25, -0.2) is 4.39 Å². The van der Waals surface area contributed by atoms with E-state index in [1.807, 2.05) is 12.1 Å². The van der Waals surface area contributed by atoms with Gasteiger partial charge < -0.3 is 10.1 Å². The zero-order chi connectivity index (χ0) is 14.5. The molecule has 0 radical (unpaired) electrons. The molecule has 1 fully saturated rings. The first-order valence-corrected chi connectivity index (χ1v) is 7.40. The topological polar surface area (TPSA) is 24.5 Å². The molecule has 0 saturated carbocycles. The van der Waals surface area contributed by atoms with E-state index in [1.165, 1.54) is 18.9 Å². The zero-order valence-corrected chi connectivity index (χ0v) is 12.7. The van der Waals surface area contributed by atoms with Crippen molar-refractivity contribution in [2.45, 2.75) is 45.3 Å². The van der Waals surface area contributed by atoms with Crippen LogP contribution >= 0.6 is 0 Å². The molecule has 0 aliphatic carbocycles. The Labute approximate surface area is 121 Å². The van der Waals surface area contributed by atoms with Crippen molar-refractivity contribution in [2.75, 3.05) is 20.2 Å². The monoisotopic (exact) mass is 280 g/mol. The van der Waals surface area contributed by atoms with Gasteiger partial charge in [0.1, 0.15) is 11.6 Å². The van der Waals surface area contributed by atoms with E-state index < -0.39 is 0 Å². The maximum atomic E-state index is 14.0. The summed E-state index contributed by atoms with van der Waals surface area (Å²) in [6.07, 6.45) is 2.39. The first kappa shape index (κ1) is 15.3. The standard InChI is InChI=1S/C16H25FN2O/c1-12(2)18-10-14-5-4-8-19(14)11-13-6-7-15(20-3)9-16(13)17/h6-7,9,12,14,18H,4-5,8,10-11H2,1-3H3. The summed E-state index contributed by atoms with van der Waals surface area (Å²) >= 11 is 0. The van der Waals surface area contributed by atoms with Gasteiger partial charge in [-0.1, -0.05) is 19.9 Å². The van der Waals surface area contributed by atoms with E-state index >= 15 is 0 Å². The van der Waals surface area contributed by atoms with Crippen LogP contribution in [0.15, 0.2) is 18.2 Å². The molecular formula is C16H25FN2O. The number of rotatable bonds is 6. The molecule has 1 atom stereocenters. The summed E-state index contributed by atoms with van der Waals surface area (Å²) < 4.78 is 19.1. The highest BCUT2D eigenvalue weighted by Gasteiger charge is 2.25. The van der Waals surface area contributed by atoms with Crippen molar-refractivity contribution >= 4 is 0 Å². The third-order valence-corrected chi connectivity index (χ3v) is 3.89. The van der Waals surface area contributed by atoms with Crippen molar-refractivity contribution in [3.05, 3.63) is 29.6 Å². The van der Waals surface area contributed by atoms with Crippen molar-refractivity contribution < 1.29 is 9.13 Å². The Morgan fingerprint density at radius 2 is 2.25 bits per heavy atom. The lowest BCUT2D eigenvalue weighted by molar-refractivity contribution is 0.233. The lowest BCUT2D eigenvalue weighted by atomic mass is 10.1. The fourth-order valence-corrected chi connectivity index (χ4v) is 2.71. The van der Waals surface area contributed by atoms with Crippen molar-refractivity contribution in [3.8, 4) is 5.75 Å². The van der Waals surface area contributed by atoms with Gasteiger partial charge in [0.05, 0.1) is 7.11 Å². The lowest BCUT2D eigenvalue weighted by Gasteiger charge is -2.26. The molecule has 3 nitrogen and oxygen atoms in total. The summed E-state index contributed by atoms with van der Waals surface area (Å²) in [4.78, 5) is 2.38. The molecule has 2 rings (SSSR count). The average Bonchev–Trinajstić information content (AvgIpc) is 2.86. The van der Waals surface area contributed by atoms with E-state index in [-0.39, 0.29) is 5.82 Å². The minimum absolute atomic E-state index is 0.174. The van der Waals surface area contributed by atoms with Gasteiger partial charge in [-0.2, -0.15) is 0 Å². The predicted molar refractivity (Wildman–Crippen MR) is 79.5 cm³/mol. The molecule has 0 aromatic heterocycles. The quantitative estimate of drug-likeness (QED) is 0.867. The molecule has 1 saturated heterocycles. The number of likely N-dealkylation sites (tertiary alicyclic amines) is 1. The molecule has 20 heavy (non-hydrogen) atoms. The Bertz CT molecular complexity index is 436. The van der Waals surface area contributed by atoms with Crippen LogP contribution in [-0.2, 0) is 6.54 Å². The van der Waals surface area contributed by atoms with Crippen LogP contribution in [0.5, 0.6) is 5.75 Å². The molecule has 0 amide bonds. The van der Waals surface area contributed by atoms with Crippen molar-refractivity contribution in [3.63, 3.8) is 0 Å². The molecule has 4 heteroatoms. The maximum Gasteiger partial charge on any atom is 0.131 e. The third kappa shape index (κ3) is 3.93. The van der Waals surface area contributed by atoms with E-state index in [4.69, 9.17) is 4.74 Å². The molecule has 1 aromatic rings. The Hall–Kier alpha value is -1.13. The summed E-state index contributed by atoms with van der Waals surface area (Å²) in [7, 11) is 1.56. The molecule has 1 heterocycles. The Morgan fingerprint density at radius 1 is 1.45 bits per heavy atom. The number of nitrogens with one attached hydrogen (secondary N) is 1. The Balaban J connectivity index is 1.97. The van der Waals surface area contributed by atoms with Crippen molar-refractivity contribution in [1.82, 2.24) is 10.2 Å². The highest BCUT2D eigenvalue weighted by atomic mass is 19.1. The number of hydrogen-bond acceptors (Lipinski definition) is 3. The number of benzene rings is 1. The van der Waals surface area contributed by atoms with Crippen LogP contribution in [0.1, 0.15) is 32.3 Å². The molecule has 0 bridgehead atoms. The second-order valence-corrected chi connectivity index (χ2v) is 5.79.